The van der Waals surface area contributed by atoms with Gasteiger partial charge in [0.25, 0.3) is 5.91 Å². The second kappa shape index (κ2) is 8.42. The Labute approximate surface area is 158 Å². The molecule has 0 aliphatic rings. The Morgan fingerprint density at radius 2 is 1.73 bits per heavy atom. The van der Waals surface area contributed by atoms with Crippen LogP contribution in [0.25, 0.3) is 0 Å². The molecule has 0 radical (unpaired) electrons. The number of nitrogens with zero attached hydrogens (tertiary/aromatic N) is 1. The highest BCUT2D eigenvalue weighted by molar-refractivity contribution is 7.92. The largest absolute Gasteiger partial charge is 0.481 e. The van der Waals surface area contributed by atoms with Gasteiger partial charge in [0.2, 0.25) is 10.0 Å². The standard InChI is InChI=1S/C18H21ClN2O4S/c1-13(18(22)20-12-14-4-6-15(19)7-5-14)25-17-10-8-16(9-11-17)21(2)26(3,23)24/h4-11,13H,12H2,1-3H3,(H,20,22)/t13-/m1/s1. The minimum atomic E-state index is -3.32. The van der Waals surface area contributed by atoms with Gasteiger partial charge < -0.3 is 10.1 Å². The van der Waals surface area contributed by atoms with Crippen LogP contribution in [0.2, 0.25) is 5.02 Å². The average molecular weight is 397 g/mol. The first-order valence-electron chi connectivity index (χ1n) is 7.89. The fourth-order valence-electron chi connectivity index (χ4n) is 2.12. The Kier molecular flexibility index (Phi) is 6.50. The number of ether oxygens (including phenoxy) is 1. The van der Waals surface area contributed by atoms with Crippen molar-refractivity contribution in [2.24, 2.45) is 0 Å². The summed E-state index contributed by atoms with van der Waals surface area (Å²) in [6.45, 7) is 2.02. The summed E-state index contributed by atoms with van der Waals surface area (Å²) in [5, 5.41) is 3.43. The van der Waals surface area contributed by atoms with E-state index in [0.29, 0.717) is 23.0 Å². The van der Waals surface area contributed by atoms with E-state index in [1.165, 1.54) is 11.4 Å². The van der Waals surface area contributed by atoms with E-state index in [0.717, 1.165) is 11.8 Å². The maximum atomic E-state index is 12.1. The first kappa shape index (κ1) is 20.1. The fourth-order valence-corrected chi connectivity index (χ4v) is 2.75. The van der Waals surface area contributed by atoms with Gasteiger partial charge in [-0.25, -0.2) is 8.42 Å². The number of hydrogen-bond donors (Lipinski definition) is 1. The molecule has 0 aliphatic heterocycles. The second-order valence-corrected chi connectivity index (χ2v) is 8.28. The van der Waals surface area contributed by atoms with Crippen molar-refractivity contribution in [2.75, 3.05) is 17.6 Å². The van der Waals surface area contributed by atoms with Crippen molar-refractivity contribution in [3.05, 3.63) is 59.1 Å². The van der Waals surface area contributed by atoms with Crippen molar-refractivity contribution >= 4 is 33.2 Å². The van der Waals surface area contributed by atoms with Gasteiger partial charge in [-0.2, -0.15) is 0 Å². The summed E-state index contributed by atoms with van der Waals surface area (Å²) in [6, 6.07) is 13.7. The summed E-state index contributed by atoms with van der Waals surface area (Å²) in [6.07, 6.45) is 0.436. The molecule has 1 amide bonds. The predicted molar refractivity (Wildman–Crippen MR) is 103 cm³/mol. The summed E-state index contributed by atoms with van der Waals surface area (Å²) in [7, 11) is -1.85. The van der Waals surface area contributed by atoms with Gasteiger partial charge in [0, 0.05) is 18.6 Å². The van der Waals surface area contributed by atoms with Gasteiger partial charge in [-0.05, 0) is 48.9 Å². The lowest BCUT2D eigenvalue weighted by Gasteiger charge is -2.18. The average Bonchev–Trinajstić information content (AvgIpc) is 2.60. The van der Waals surface area contributed by atoms with Gasteiger partial charge >= 0.3 is 0 Å². The third-order valence-electron chi connectivity index (χ3n) is 3.76. The van der Waals surface area contributed by atoms with Crippen molar-refractivity contribution in [1.82, 2.24) is 5.32 Å². The van der Waals surface area contributed by atoms with E-state index in [9.17, 15) is 13.2 Å². The lowest BCUT2D eigenvalue weighted by molar-refractivity contribution is -0.127. The van der Waals surface area contributed by atoms with Crippen LogP contribution in [0.15, 0.2) is 48.5 Å². The summed E-state index contributed by atoms with van der Waals surface area (Å²) >= 11 is 5.83. The van der Waals surface area contributed by atoms with Crippen LogP contribution in [0.4, 0.5) is 5.69 Å². The fraction of sp³-hybridized carbons (Fsp3) is 0.278. The molecule has 140 valence electrons. The molecule has 2 aromatic carbocycles. The van der Waals surface area contributed by atoms with Crippen LogP contribution in [-0.4, -0.2) is 33.7 Å². The lowest BCUT2D eigenvalue weighted by Crippen LogP contribution is -2.35. The third kappa shape index (κ3) is 5.64. The number of carbonyl (C=O) groups excluding carboxylic acids is 1. The molecule has 0 unspecified atom stereocenters. The number of anilines is 1. The van der Waals surface area contributed by atoms with E-state index in [2.05, 4.69) is 5.32 Å². The van der Waals surface area contributed by atoms with E-state index in [1.54, 1.807) is 43.3 Å². The highest BCUT2D eigenvalue weighted by Gasteiger charge is 2.15. The number of sulfonamides is 1. The molecular formula is C18H21ClN2O4S. The van der Waals surface area contributed by atoms with Crippen molar-refractivity contribution in [2.45, 2.75) is 19.6 Å². The van der Waals surface area contributed by atoms with E-state index in [1.807, 2.05) is 12.1 Å². The van der Waals surface area contributed by atoms with Gasteiger partial charge in [0.1, 0.15) is 5.75 Å². The summed E-state index contributed by atoms with van der Waals surface area (Å²) < 4.78 is 29.8. The van der Waals surface area contributed by atoms with Crippen LogP contribution in [-0.2, 0) is 21.4 Å². The smallest absolute Gasteiger partial charge is 0.261 e. The normalized spacial score (nSPS) is 12.3. The van der Waals surface area contributed by atoms with Crippen LogP contribution in [0, 0.1) is 0 Å². The van der Waals surface area contributed by atoms with Gasteiger partial charge in [0.15, 0.2) is 6.10 Å². The zero-order valence-corrected chi connectivity index (χ0v) is 16.3. The highest BCUT2D eigenvalue weighted by atomic mass is 35.5. The van der Waals surface area contributed by atoms with Crippen LogP contribution in [0.3, 0.4) is 0 Å². The number of carbonyl (C=O) groups is 1. The topological polar surface area (TPSA) is 75.7 Å². The molecular weight excluding hydrogens is 376 g/mol. The number of benzene rings is 2. The molecule has 1 N–H and O–H groups in total. The number of halogens is 1. The molecule has 0 aromatic heterocycles. The summed E-state index contributed by atoms with van der Waals surface area (Å²) in [5.41, 5.74) is 1.45. The van der Waals surface area contributed by atoms with Gasteiger partial charge in [-0.15, -0.1) is 0 Å². The molecule has 26 heavy (non-hydrogen) atoms. The van der Waals surface area contributed by atoms with Crippen molar-refractivity contribution < 1.29 is 17.9 Å². The predicted octanol–water partition coefficient (Wildman–Crippen LogP) is 2.82. The maximum Gasteiger partial charge on any atom is 0.261 e. The quantitative estimate of drug-likeness (QED) is 0.780. The van der Waals surface area contributed by atoms with Crippen LogP contribution in [0.5, 0.6) is 5.75 Å². The van der Waals surface area contributed by atoms with Crippen molar-refractivity contribution in [1.29, 1.82) is 0 Å². The second-order valence-electron chi connectivity index (χ2n) is 5.83. The highest BCUT2D eigenvalue weighted by Crippen LogP contribution is 2.21. The Morgan fingerprint density at radius 1 is 1.15 bits per heavy atom. The Morgan fingerprint density at radius 3 is 2.27 bits per heavy atom. The molecule has 0 saturated heterocycles. The molecule has 0 spiro atoms. The van der Waals surface area contributed by atoms with Gasteiger partial charge in [0.05, 0.1) is 11.9 Å². The monoisotopic (exact) mass is 396 g/mol. The molecule has 0 heterocycles. The van der Waals surface area contributed by atoms with Crippen LogP contribution in [0.1, 0.15) is 12.5 Å². The number of nitrogens with one attached hydrogen (secondary N) is 1. The minimum absolute atomic E-state index is 0.253. The van der Waals surface area contributed by atoms with Crippen molar-refractivity contribution in [3.8, 4) is 5.75 Å². The van der Waals surface area contributed by atoms with Gasteiger partial charge in [-0.1, -0.05) is 23.7 Å². The zero-order valence-electron chi connectivity index (χ0n) is 14.8. The van der Waals surface area contributed by atoms with Gasteiger partial charge in [-0.3, -0.25) is 9.10 Å². The molecule has 6 nitrogen and oxygen atoms in total. The molecule has 0 fully saturated rings. The lowest BCUT2D eigenvalue weighted by atomic mass is 10.2. The van der Waals surface area contributed by atoms with E-state index < -0.39 is 16.1 Å². The number of amides is 1. The van der Waals surface area contributed by atoms with E-state index >= 15 is 0 Å². The molecule has 1 atom stereocenters. The Hall–Kier alpha value is -2.25. The molecule has 2 rings (SSSR count). The summed E-state index contributed by atoms with van der Waals surface area (Å²) in [4.78, 5) is 12.1. The minimum Gasteiger partial charge on any atom is -0.481 e. The first-order valence-corrected chi connectivity index (χ1v) is 10.1. The van der Waals surface area contributed by atoms with Crippen LogP contribution >= 0.6 is 11.6 Å². The summed E-state index contributed by atoms with van der Waals surface area (Å²) in [5.74, 6) is 0.224. The Bertz CT molecular complexity index is 852. The molecule has 0 bridgehead atoms. The van der Waals surface area contributed by atoms with Crippen LogP contribution < -0.4 is 14.4 Å². The number of hydrogen-bond acceptors (Lipinski definition) is 4. The number of rotatable bonds is 7. The zero-order chi connectivity index (χ0) is 19.3. The maximum absolute atomic E-state index is 12.1. The molecule has 8 heteroatoms. The molecule has 0 aliphatic carbocycles. The van der Waals surface area contributed by atoms with Crippen molar-refractivity contribution in [3.63, 3.8) is 0 Å². The SMILES string of the molecule is C[C@@H](Oc1ccc(N(C)S(C)(=O)=O)cc1)C(=O)NCc1ccc(Cl)cc1. The Balaban J connectivity index is 1.91. The van der Waals surface area contributed by atoms with E-state index in [-0.39, 0.29) is 5.91 Å². The van der Waals surface area contributed by atoms with E-state index in [4.69, 9.17) is 16.3 Å². The molecule has 0 saturated carbocycles. The first-order chi connectivity index (χ1) is 12.2. The third-order valence-corrected chi connectivity index (χ3v) is 5.22. The molecule has 2 aromatic rings.